The molecule has 1 unspecified atom stereocenters. The highest BCUT2D eigenvalue weighted by atomic mass is 16.5. The number of carbonyl (C=O) groups excluding carboxylic acids is 3. The Morgan fingerprint density at radius 1 is 0.914 bits per heavy atom. The summed E-state index contributed by atoms with van der Waals surface area (Å²) in [7, 11) is 0. The molecule has 8 heteroatoms. The molecule has 202 valence electrons. The van der Waals surface area contributed by atoms with Crippen molar-refractivity contribution >= 4 is 17.9 Å². The molecule has 0 saturated carbocycles. The van der Waals surface area contributed by atoms with Crippen LogP contribution >= 0.6 is 0 Å². The van der Waals surface area contributed by atoms with Gasteiger partial charge in [0, 0.05) is 49.9 Å². The molecule has 0 radical (unpaired) electrons. The number of nitrogens with one attached hydrogen (secondary N) is 1. The summed E-state index contributed by atoms with van der Waals surface area (Å²) in [4.78, 5) is 33.3. The first-order valence-corrected chi connectivity index (χ1v) is 12.6. The smallest absolute Gasteiger partial charge is 0.333 e. The van der Waals surface area contributed by atoms with E-state index in [9.17, 15) is 14.4 Å². The van der Waals surface area contributed by atoms with Gasteiger partial charge in [-0.2, -0.15) is 0 Å². The van der Waals surface area contributed by atoms with Gasteiger partial charge in [-0.25, -0.2) is 14.4 Å². The topological polar surface area (TPSA) is 111 Å². The molecule has 0 aromatic heterocycles. The molecule has 8 nitrogen and oxygen atoms in total. The third-order valence-corrected chi connectivity index (χ3v) is 4.64. The molecule has 0 aromatic rings. The maximum atomic E-state index is 11.5. The SMILES string of the molecule is C=C(C)C(=O)OC(CCC)CCNC=CC(=O)OCCCO.C=CC(=O)OCCCCCCCC. The van der Waals surface area contributed by atoms with E-state index in [2.05, 4.69) is 25.4 Å². The molecule has 0 aliphatic heterocycles. The highest BCUT2D eigenvalue weighted by Gasteiger charge is 2.13. The second-order valence-electron chi connectivity index (χ2n) is 8.06. The molecular weight excluding hydrogens is 450 g/mol. The molecule has 0 amide bonds. The molecule has 0 spiro atoms. The van der Waals surface area contributed by atoms with Crippen LogP contribution in [0.25, 0.3) is 0 Å². The van der Waals surface area contributed by atoms with Gasteiger partial charge >= 0.3 is 17.9 Å². The molecule has 0 aromatic carbocycles. The molecule has 0 aliphatic rings. The highest BCUT2D eigenvalue weighted by molar-refractivity contribution is 5.87. The maximum Gasteiger partial charge on any atom is 0.333 e. The highest BCUT2D eigenvalue weighted by Crippen LogP contribution is 2.09. The zero-order valence-electron chi connectivity index (χ0n) is 22.0. The first-order chi connectivity index (χ1) is 16.8. The van der Waals surface area contributed by atoms with Gasteiger partial charge in [-0.15, -0.1) is 0 Å². The number of aliphatic hydroxyl groups excluding tert-OH is 1. The number of esters is 3. The minimum atomic E-state index is -0.459. The molecule has 35 heavy (non-hydrogen) atoms. The molecule has 0 bridgehead atoms. The fourth-order valence-electron chi connectivity index (χ4n) is 2.69. The Morgan fingerprint density at radius 3 is 2.14 bits per heavy atom. The van der Waals surface area contributed by atoms with Crippen molar-refractivity contribution in [2.24, 2.45) is 0 Å². The molecule has 1 atom stereocenters. The van der Waals surface area contributed by atoms with Gasteiger partial charge in [0.25, 0.3) is 0 Å². The third kappa shape index (κ3) is 25.8. The number of hydrogen-bond donors (Lipinski definition) is 2. The summed E-state index contributed by atoms with van der Waals surface area (Å²) in [6.45, 7) is 14.0. The van der Waals surface area contributed by atoms with Crippen LogP contribution in [0.4, 0.5) is 0 Å². The van der Waals surface area contributed by atoms with Crippen LogP contribution in [0.15, 0.2) is 37.1 Å². The Kier molecular flexibility index (Phi) is 25.7. The van der Waals surface area contributed by atoms with E-state index in [1.165, 1.54) is 44.0 Å². The number of carbonyl (C=O) groups is 3. The zero-order chi connectivity index (χ0) is 26.7. The van der Waals surface area contributed by atoms with Crippen molar-refractivity contribution in [2.75, 3.05) is 26.4 Å². The summed E-state index contributed by atoms with van der Waals surface area (Å²) in [5.41, 5.74) is 0.389. The van der Waals surface area contributed by atoms with Crippen LogP contribution in [0.3, 0.4) is 0 Å². The van der Waals surface area contributed by atoms with Gasteiger partial charge in [0.05, 0.1) is 13.2 Å². The van der Waals surface area contributed by atoms with Crippen LogP contribution in [0, 0.1) is 0 Å². The van der Waals surface area contributed by atoms with E-state index in [1.807, 2.05) is 6.92 Å². The summed E-state index contributed by atoms with van der Waals surface area (Å²) in [6, 6.07) is 0. The van der Waals surface area contributed by atoms with Gasteiger partial charge in [-0.1, -0.05) is 65.5 Å². The fraction of sp³-hybridized carbons (Fsp3) is 0.667. The summed E-state index contributed by atoms with van der Waals surface area (Å²) in [5.74, 6) is -1.14. The third-order valence-electron chi connectivity index (χ3n) is 4.64. The van der Waals surface area contributed by atoms with Crippen LogP contribution in [-0.2, 0) is 28.6 Å². The van der Waals surface area contributed by atoms with Crippen molar-refractivity contribution in [3.8, 4) is 0 Å². The maximum absolute atomic E-state index is 11.5. The van der Waals surface area contributed by atoms with E-state index in [0.717, 1.165) is 25.7 Å². The molecule has 0 aliphatic carbocycles. The van der Waals surface area contributed by atoms with Crippen molar-refractivity contribution in [2.45, 2.75) is 91.1 Å². The standard InChI is InChI=1S/C16H27NO5.C11H20O2/c1-4-6-14(22-16(20)13(2)3)7-9-17-10-8-15(19)21-12-5-11-18;1-3-5-6-7-8-9-10-13-11(12)4-2/h8,10,14,17-18H,2,4-7,9,11-12H2,1,3H3;4H,2-3,5-10H2,1H3. The van der Waals surface area contributed by atoms with E-state index in [-0.39, 0.29) is 31.3 Å². The van der Waals surface area contributed by atoms with Crippen LogP contribution in [0.2, 0.25) is 0 Å². The number of hydrogen-bond acceptors (Lipinski definition) is 8. The largest absolute Gasteiger partial charge is 0.463 e. The number of unbranched alkanes of at least 4 members (excludes halogenated alkanes) is 5. The van der Waals surface area contributed by atoms with Crippen LogP contribution in [0.1, 0.15) is 85.0 Å². The average molecular weight is 498 g/mol. The Hall–Kier alpha value is -2.61. The molecule has 0 saturated heterocycles. The van der Waals surface area contributed by atoms with Crippen LogP contribution < -0.4 is 5.32 Å². The Morgan fingerprint density at radius 2 is 1.54 bits per heavy atom. The monoisotopic (exact) mass is 497 g/mol. The lowest BCUT2D eigenvalue weighted by atomic mass is 10.1. The fourth-order valence-corrected chi connectivity index (χ4v) is 2.69. The van der Waals surface area contributed by atoms with Crippen molar-refractivity contribution in [1.29, 1.82) is 0 Å². The van der Waals surface area contributed by atoms with Gasteiger partial charge in [0.15, 0.2) is 0 Å². The Labute approximate surface area is 211 Å². The first kappa shape index (κ1) is 34.6. The number of aliphatic hydroxyl groups is 1. The van der Waals surface area contributed by atoms with Crippen molar-refractivity contribution < 1.29 is 33.7 Å². The van der Waals surface area contributed by atoms with E-state index >= 15 is 0 Å². The molecular formula is C27H47NO7. The predicted molar refractivity (Wildman–Crippen MR) is 139 cm³/mol. The lowest BCUT2D eigenvalue weighted by Crippen LogP contribution is -2.23. The van der Waals surface area contributed by atoms with Gasteiger partial charge in [0.2, 0.25) is 0 Å². The molecule has 0 rings (SSSR count). The second kappa shape index (κ2) is 26.0. The summed E-state index contributed by atoms with van der Waals surface area (Å²) < 4.78 is 15.0. The van der Waals surface area contributed by atoms with E-state index in [1.54, 1.807) is 6.92 Å². The first-order valence-electron chi connectivity index (χ1n) is 12.6. The van der Waals surface area contributed by atoms with Gasteiger partial charge in [0.1, 0.15) is 6.10 Å². The average Bonchev–Trinajstić information content (AvgIpc) is 2.83. The quantitative estimate of drug-likeness (QED) is 0.107. The minimum Gasteiger partial charge on any atom is -0.463 e. The van der Waals surface area contributed by atoms with E-state index in [4.69, 9.17) is 19.3 Å². The zero-order valence-corrected chi connectivity index (χ0v) is 22.0. The predicted octanol–water partition coefficient (Wildman–Crippen LogP) is 4.77. The number of rotatable bonds is 20. The number of ether oxygens (including phenoxy) is 3. The molecule has 2 N–H and O–H groups in total. The Balaban J connectivity index is 0. The summed E-state index contributed by atoms with van der Waals surface area (Å²) >= 11 is 0. The van der Waals surface area contributed by atoms with E-state index in [0.29, 0.717) is 31.6 Å². The second-order valence-corrected chi connectivity index (χ2v) is 8.06. The molecule has 0 fully saturated rings. The van der Waals surface area contributed by atoms with Crippen LogP contribution in [-0.4, -0.2) is 55.5 Å². The lowest BCUT2D eigenvalue weighted by molar-refractivity contribution is -0.145. The minimum absolute atomic E-state index is 0.00301. The lowest BCUT2D eigenvalue weighted by Gasteiger charge is -2.17. The Bertz CT molecular complexity index is 617. The van der Waals surface area contributed by atoms with Gasteiger partial charge in [-0.05, 0) is 19.8 Å². The normalized spacial score (nSPS) is 11.1. The van der Waals surface area contributed by atoms with Crippen molar-refractivity contribution in [3.63, 3.8) is 0 Å². The summed E-state index contributed by atoms with van der Waals surface area (Å²) in [5, 5.41) is 11.5. The van der Waals surface area contributed by atoms with E-state index < -0.39 is 5.97 Å². The van der Waals surface area contributed by atoms with Crippen molar-refractivity contribution in [3.05, 3.63) is 37.1 Å². The summed E-state index contributed by atoms with van der Waals surface area (Å²) in [6.07, 6.45) is 13.9. The molecule has 0 heterocycles. The van der Waals surface area contributed by atoms with Crippen molar-refractivity contribution in [1.82, 2.24) is 5.32 Å². The van der Waals surface area contributed by atoms with Gasteiger partial charge in [-0.3, -0.25) is 0 Å². The van der Waals surface area contributed by atoms with Crippen LogP contribution in [0.5, 0.6) is 0 Å². The van der Waals surface area contributed by atoms with Gasteiger partial charge < -0.3 is 24.6 Å².